The zero-order valence-electron chi connectivity index (χ0n) is 14.9. The number of carbonyl (C=O) groups excluding carboxylic acids is 2. The van der Waals surface area contributed by atoms with Gasteiger partial charge < -0.3 is 16.4 Å². The Morgan fingerprint density at radius 3 is 2.27 bits per heavy atom. The van der Waals surface area contributed by atoms with Gasteiger partial charge in [0.15, 0.2) is 0 Å². The molecule has 4 N–H and O–H groups in total. The van der Waals surface area contributed by atoms with Crippen LogP contribution in [0.2, 0.25) is 0 Å². The summed E-state index contributed by atoms with van der Waals surface area (Å²) in [5.74, 6) is 0.312. The van der Waals surface area contributed by atoms with Crippen LogP contribution in [0.4, 0.5) is 0 Å². The lowest BCUT2D eigenvalue weighted by atomic mass is 10.1. The number of nitrogens with two attached hydrogens (primary N) is 1. The molecule has 0 spiro atoms. The van der Waals surface area contributed by atoms with Crippen molar-refractivity contribution in [1.29, 1.82) is 0 Å². The molecular formula is C20H25N3O2S. The van der Waals surface area contributed by atoms with Gasteiger partial charge in [0.05, 0.1) is 0 Å². The molecule has 2 atom stereocenters. The number of nitrogens with one attached hydrogen (secondary N) is 2. The molecule has 2 unspecified atom stereocenters. The molecule has 0 aliphatic carbocycles. The smallest absolute Gasteiger partial charge is 0.251 e. The third kappa shape index (κ3) is 6.20. The van der Waals surface area contributed by atoms with Gasteiger partial charge in [-0.3, -0.25) is 9.59 Å². The summed E-state index contributed by atoms with van der Waals surface area (Å²) in [6.45, 7) is 0.319. The number of hydrogen-bond acceptors (Lipinski definition) is 4. The van der Waals surface area contributed by atoms with Gasteiger partial charge in [0.25, 0.3) is 5.91 Å². The summed E-state index contributed by atoms with van der Waals surface area (Å²) in [5, 5.41) is 5.69. The Kier molecular flexibility index (Phi) is 8.18. The van der Waals surface area contributed by atoms with Crippen molar-refractivity contribution < 1.29 is 9.59 Å². The summed E-state index contributed by atoms with van der Waals surface area (Å²) in [4.78, 5) is 24.9. The maximum atomic E-state index is 12.6. The summed E-state index contributed by atoms with van der Waals surface area (Å²) in [7, 11) is 0. The lowest BCUT2D eigenvalue weighted by molar-refractivity contribution is -0.123. The Morgan fingerprint density at radius 1 is 1.04 bits per heavy atom. The first-order valence-electron chi connectivity index (χ1n) is 8.55. The Hall–Kier alpha value is -2.31. The van der Waals surface area contributed by atoms with E-state index in [9.17, 15) is 9.59 Å². The molecule has 0 bridgehead atoms. The van der Waals surface area contributed by atoms with Crippen LogP contribution in [0.15, 0.2) is 60.7 Å². The largest absolute Gasteiger partial charge is 0.352 e. The van der Waals surface area contributed by atoms with Gasteiger partial charge in [0, 0.05) is 18.2 Å². The van der Waals surface area contributed by atoms with E-state index in [0.29, 0.717) is 18.5 Å². The maximum Gasteiger partial charge on any atom is 0.251 e. The number of carbonyl (C=O) groups is 2. The molecule has 0 fully saturated rings. The van der Waals surface area contributed by atoms with E-state index in [1.54, 1.807) is 36.0 Å². The lowest BCUT2D eigenvalue weighted by Gasteiger charge is -2.20. The van der Waals surface area contributed by atoms with Crippen molar-refractivity contribution in [1.82, 2.24) is 10.6 Å². The van der Waals surface area contributed by atoms with E-state index in [1.165, 1.54) is 0 Å². The summed E-state index contributed by atoms with van der Waals surface area (Å²) in [6.07, 6.45) is 2.53. The SMILES string of the molecule is CSCCC(NC(=O)c1ccccc1)C(=O)NCC(N)c1ccccc1. The lowest BCUT2D eigenvalue weighted by Crippen LogP contribution is -2.48. The molecule has 5 nitrogen and oxygen atoms in total. The van der Waals surface area contributed by atoms with E-state index < -0.39 is 6.04 Å². The molecule has 0 radical (unpaired) electrons. The second-order valence-electron chi connectivity index (χ2n) is 5.94. The molecule has 2 aromatic rings. The molecule has 26 heavy (non-hydrogen) atoms. The first kappa shape index (κ1) is 20.0. The number of benzene rings is 2. The zero-order valence-corrected chi connectivity index (χ0v) is 15.7. The highest BCUT2D eigenvalue weighted by Crippen LogP contribution is 2.09. The Morgan fingerprint density at radius 2 is 1.65 bits per heavy atom. The summed E-state index contributed by atoms with van der Waals surface area (Å²) < 4.78 is 0. The van der Waals surface area contributed by atoms with Crippen LogP contribution < -0.4 is 16.4 Å². The molecule has 6 heteroatoms. The maximum absolute atomic E-state index is 12.6. The number of thioether (sulfide) groups is 1. The fourth-order valence-electron chi connectivity index (χ4n) is 2.49. The Bertz CT molecular complexity index is 695. The van der Waals surface area contributed by atoms with Crippen LogP contribution in [0.25, 0.3) is 0 Å². The standard InChI is InChI=1S/C20H25N3O2S/c1-26-13-12-18(23-19(24)16-10-6-3-7-11-16)20(25)22-14-17(21)15-8-4-2-5-9-15/h2-11,17-18H,12-14,21H2,1H3,(H,22,25)(H,23,24). The predicted octanol–water partition coefficient (Wildman–Crippen LogP) is 2.35. The average Bonchev–Trinajstić information content (AvgIpc) is 2.70. The number of hydrogen-bond donors (Lipinski definition) is 3. The van der Waals surface area contributed by atoms with Crippen LogP contribution >= 0.6 is 11.8 Å². The minimum absolute atomic E-state index is 0.213. The molecule has 2 rings (SSSR count). The highest BCUT2D eigenvalue weighted by atomic mass is 32.2. The summed E-state index contributed by atoms with van der Waals surface area (Å²) >= 11 is 1.64. The minimum Gasteiger partial charge on any atom is -0.352 e. The monoisotopic (exact) mass is 371 g/mol. The molecular weight excluding hydrogens is 346 g/mol. The van der Waals surface area contributed by atoms with Crippen molar-refractivity contribution in [2.24, 2.45) is 5.73 Å². The number of amides is 2. The van der Waals surface area contributed by atoms with Gasteiger partial charge in [0.1, 0.15) is 6.04 Å². The van der Waals surface area contributed by atoms with E-state index in [1.807, 2.05) is 42.7 Å². The Labute approximate surface area is 158 Å². The summed E-state index contributed by atoms with van der Waals surface area (Å²) in [6, 6.07) is 17.6. The molecule has 2 amide bonds. The van der Waals surface area contributed by atoms with Gasteiger partial charge in [0.2, 0.25) is 5.91 Å². The highest BCUT2D eigenvalue weighted by Gasteiger charge is 2.21. The normalized spacial score (nSPS) is 12.8. The van der Waals surface area contributed by atoms with Gasteiger partial charge in [-0.05, 0) is 36.1 Å². The van der Waals surface area contributed by atoms with Gasteiger partial charge >= 0.3 is 0 Å². The molecule has 2 aromatic carbocycles. The quantitative estimate of drug-likeness (QED) is 0.632. The zero-order chi connectivity index (χ0) is 18.8. The molecule has 0 aliphatic heterocycles. The fourth-order valence-corrected chi connectivity index (χ4v) is 2.96. The average molecular weight is 372 g/mol. The van der Waals surface area contributed by atoms with Gasteiger partial charge in [-0.25, -0.2) is 0 Å². The minimum atomic E-state index is -0.585. The third-order valence-corrected chi connectivity index (χ3v) is 4.64. The van der Waals surface area contributed by atoms with Crippen molar-refractivity contribution in [2.45, 2.75) is 18.5 Å². The van der Waals surface area contributed by atoms with E-state index in [0.717, 1.165) is 11.3 Å². The van der Waals surface area contributed by atoms with Crippen molar-refractivity contribution in [3.63, 3.8) is 0 Å². The van der Waals surface area contributed by atoms with Crippen molar-refractivity contribution in [2.75, 3.05) is 18.6 Å². The first-order valence-corrected chi connectivity index (χ1v) is 9.94. The van der Waals surface area contributed by atoms with Gasteiger partial charge in [-0.2, -0.15) is 11.8 Å². The van der Waals surface area contributed by atoms with Crippen LogP contribution in [-0.4, -0.2) is 36.4 Å². The molecule has 138 valence electrons. The third-order valence-electron chi connectivity index (χ3n) is 3.99. The van der Waals surface area contributed by atoms with Crippen LogP contribution in [0.3, 0.4) is 0 Å². The Balaban J connectivity index is 1.94. The van der Waals surface area contributed by atoms with Crippen LogP contribution in [0, 0.1) is 0 Å². The van der Waals surface area contributed by atoms with E-state index in [-0.39, 0.29) is 17.9 Å². The van der Waals surface area contributed by atoms with E-state index >= 15 is 0 Å². The van der Waals surface area contributed by atoms with E-state index in [4.69, 9.17) is 5.73 Å². The highest BCUT2D eigenvalue weighted by molar-refractivity contribution is 7.98. The van der Waals surface area contributed by atoms with Gasteiger partial charge in [-0.1, -0.05) is 48.5 Å². The number of rotatable bonds is 9. The summed E-state index contributed by atoms with van der Waals surface area (Å²) in [5.41, 5.74) is 7.63. The van der Waals surface area contributed by atoms with Crippen LogP contribution in [-0.2, 0) is 4.79 Å². The van der Waals surface area contributed by atoms with Gasteiger partial charge in [-0.15, -0.1) is 0 Å². The molecule has 0 aliphatic rings. The molecule has 0 heterocycles. The van der Waals surface area contributed by atoms with Crippen molar-refractivity contribution in [3.05, 3.63) is 71.8 Å². The second kappa shape index (κ2) is 10.6. The second-order valence-corrected chi connectivity index (χ2v) is 6.92. The van der Waals surface area contributed by atoms with Crippen molar-refractivity contribution >= 4 is 23.6 Å². The molecule has 0 saturated carbocycles. The fraction of sp³-hybridized carbons (Fsp3) is 0.300. The van der Waals surface area contributed by atoms with Crippen molar-refractivity contribution in [3.8, 4) is 0 Å². The molecule has 0 aromatic heterocycles. The molecule has 0 saturated heterocycles. The first-order chi connectivity index (χ1) is 12.6. The van der Waals surface area contributed by atoms with Crippen LogP contribution in [0.5, 0.6) is 0 Å². The topological polar surface area (TPSA) is 84.2 Å². The predicted molar refractivity (Wildman–Crippen MR) is 107 cm³/mol. The van der Waals surface area contributed by atoms with Crippen LogP contribution in [0.1, 0.15) is 28.4 Å². The van der Waals surface area contributed by atoms with E-state index in [2.05, 4.69) is 10.6 Å².